The maximum Gasteiger partial charge on any atom is 0.261 e. The molecule has 8 heteroatoms. The van der Waals surface area contributed by atoms with Gasteiger partial charge in [-0.15, -0.1) is 0 Å². The molecule has 1 unspecified atom stereocenters. The van der Waals surface area contributed by atoms with Crippen LogP contribution >= 0.6 is 11.6 Å². The van der Waals surface area contributed by atoms with Gasteiger partial charge in [-0.1, -0.05) is 29.8 Å². The van der Waals surface area contributed by atoms with E-state index in [1.165, 1.54) is 12.1 Å². The molecule has 0 fully saturated rings. The number of nitrogens with one attached hydrogen (secondary N) is 3. The molecule has 3 N–H and O–H groups in total. The molecular weight excluding hydrogens is 422 g/mol. The molecule has 0 aliphatic heterocycles. The zero-order valence-corrected chi connectivity index (χ0v) is 18.1. The standard InChI is InChI=1S/C22H22ClN3O3S/c1-15-5-3-6-19(13-15)25-22(27)16(2)24-20-7-4-8-21(14-20)30(28,29)26-18-11-9-17(23)10-12-18/h3-14,16,24,26H,1-2H3,(H,25,27). The summed E-state index contributed by atoms with van der Waals surface area (Å²) in [4.78, 5) is 12.5. The average Bonchev–Trinajstić information content (AvgIpc) is 2.70. The molecule has 0 aliphatic rings. The van der Waals surface area contributed by atoms with E-state index < -0.39 is 16.1 Å². The Morgan fingerprint density at radius 2 is 1.57 bits per heavy atom. The van der Waals surface area contributed by atoms with Crippen LogP contribution in [0, 0.1) is 6.92 Å². The Hall–Kier alpha value is -3.03. The summed E-state index contributed by atoms with van der Waals surface area (Å²) in [6, 6.07) is 19.6. The first kappa shape index (κ1) is 21.7. The summed E-state index contributed by atoms with van der Waals surface area (Å²) in [5, 5.41) is 6.40. The molecule has 0 aliphatic carbocycles. The van der Waals surface area contributed by atoms with E-state index in [2.05, 4.69) is 15.4 Å². The minimum Gasteiger partial charge on any atom is -0.374 e. The lowest BCUT2D eigenvalue weighted by atomic mass is 10.2. The van der Waals surface area contributed by atoms with Gasteiger partial charge >= 0.3 is 0 Å². The van der Waals surface area contributed by atoms with Gasteiger partial charge < -0.3 is 10.6 Å². The van der Waals surface area contributed by atoms with Crippen LogP contribution in [0.4, 0.5) is 17.1 Å². The number of hydrogen-bond donors (Lipinski definition) is 3. The summed E-state index contributed by atoms with van der Waals surface area (Å²) in [6.45, 7) is 3.65. The Morgan fingerprint density at radius 1 is 0.900 bits per heavy atom. The van der Waals surface area contributed by atoms with Crippen LogP contribution in [0.25, 0.3) is 0 Å². The van der Waals surface area contributed by atoms with Crippen molar-refractivity contribution in [3.05, 3.63) is 83.4 Å². The summed E-state index contributed by atoms with van der Waals surface area (Å²) >= 11 is 5.84. The van der Waals surface area contributed by atoms with E-state index in [4.69, 9.17) is 11.6 Å². The van der Waals surface area contributed by atoms with Crippen molar-refractivity contribution in [1.29, 1.82) is 0 Å². The normalized spacial score (nSPS) is 12.1. The largest absolute Gasteiger partial charge is 0.374 e. The number of halogens is 1. The number of carbonyl (C=O) groups is 1. The number of aryl methyl sites for hydroxylation is 1. The molecule has 0 heterocycles. The van der Waals surface area contributed by atoms with Crippen LogP contribution in [-0.2, 0) is 14.8 Å². The smallest absolute Gasteiger partial charge is 0.261 e. The Balaban J connectivity index is 1.69. The highest BCUT2D eigenvalue weighted by molar-refractivity contribution is 7.92. The number of hydrogen-bond acceptors (Lipinski definition) is 4. The van der Waals surface area contributed by atoms with Crippen LogP contribution in [0.2, 0.25) is 5.02 Å². The van der Waals surface area contributed by atoms with Gasteiger partial charge in [0.2, 0.25) is 5.91 Å². The molecule has 3 aromatic carbocycles. The van der Waals surface area contributed by atoms with Crippen molar-refractivity contribution in [2.75, 3.05) is 15.4 Å². The maximum absolute atomic E-state index is 12.7. The average molecular weight is 444 g/mol. The topological polar surface area (TPSA) is 87.3 Å². The summed E-state index contributed by atoms with van der Waals surface area (Å²) in [5.41, 5.74) is 2.67. The molecule has 0 aromatic heterocycles. The summed E-state index contributed by atoms with van der Waals surface area (Å²) < 4.78 is 27.9. The fourth-order valence-corrected chi connectivity index (χ4v) is 4.00. The molecule has 6 nitrogen and oxygen atoms in total. The van der Waals surface area contributed by atoms with E-state index in [0.29, 0.717) is 22.1 Å². The highest BCUT2D eigenvalue weighted by Gasteiger charge is 2.17. The first-order valence-corrected chi connectivity index (χ1v) is 11.1. The predicted molar refractivity (Wildman–Crippen MR) is 122 cm³/mol. The van der Waals surface area contributed by atoms with Crippen LogP contribution in [0.15, 0.2) is 77.7 Å². The fourth-order valence-electron chi connectivity index (χ4n) is 2.77. The number of benzene rings is 3. The number of carbonyl (C=O) groups excluding carboxylic acids is 1. The van der Waals surface area contributed by atoms with Gasteiger partial charge in [0.25, 0.3) is 10.0 Å². The summed E-state index contributed by atoms with van der Waals surface area (Å²) in [5.74, 6) is -0.229. The van der Waals surface area contributed by atoms with E-state index in [-0.39, 0.29) is 10.8 Å². The van der Waals surface area contributed by atoms with Gasteiger partial charge in [0, 0.05) is 22.1 Å². The molecule has 3 rings (SSSR count). The van der Waals surface area contributed by atoms with Crippen molar-refractivity contribution in [1.82, 2.24) is 0 Å². The van der Waals surface area contributed by atoms with E-state index in [1.807, 2.05) is 31.2 Å². The zero-order chi connectivity index (χ0) is 21.7. The van der Waals surface area contributed by atoms with Crippen LogP contribution in [0.5, 0.6) is 0 Å². The molecule has 0 spiro atoms. The molecule has 1 atom stereocenters. The third kappa shape index (κ3) is 5.75. The quantitative estimate of drug-likeness (QED) is 0.485. The molecule has 156 valence electrons. The van der Waals surface area contributed by atoms with Gasteiger partial charge in [-0.2, -0.15) is 0 Å². The first-order chi connectivity index (χ1) is 14.2. The van der Waals surface area contributed by atoms with Gasteiger partial charge in [0.05, 0.1) is 4.90 Å². The highest BCUT2D eigenvalue weighted by atomic mass is 35.5. The van der Waals surface area contributed by atoms with Gasteiger partial charge in [-0.3, -0.25) is 9.52 Å². The van der Waals surface area contributed by atoms with Gasteiger partial charge in [0.1, 0.15) is 6.04 Å². The van der Waals surface area contributed by atoms with E-state index in [0.717, 1.165) is 5.56 Å². The molecule has 0 saturated heterocycles. The molecule has 3 aromatic rings. The van der Waals surface area contributed by atoms with Crippen molar-refractivity contribution < 1.29 is 13.2 Å². The fraction of sp³-hybridized carbons (Fsp3) is 0.136. The molecular formula is C22H22ClN3O3S. The lowest BCUT2D eigenvalue weighted by Crippen LogP contribution is -2.31. The second-order valence-corrected chi connectivity index (χ2v) is 8.98. The molecule has 0 radical (unpaired) electrons. The third-order valence-electron chi connectivity index (χ3n) is 4.30. The van der Waals surface area contributed by atoms with Gasteiger partial charge in [-0.25, -0.2) is 8.42 Å². The number of sulfonamides is 1. The van der Waals surface area contributed by atoms with Crippen LogP contribution in [-0.4, -0.2) is 20.4 Å². The van der Waals surface area contributed by atoms with Crippen molar-refractivity contribution in [2.45, 2.75) is 24.8 Å². The first-order valence-electron chi connectivity index (χ1n) is 9.25. The molecule has 0 bridgehead atoms. The van der Waals surface area contributed by atoms with Gasteiger partial charge in [-0.05, 0) is 74.0 Å². The second kappa shape index (κ2) is 9.19. The number of anilines is 3. The Morgan fingerprint density at radius 3 is 2.27 bits per heavy atom. The Labute approximate surface area is 181 Å². The monoisotopic (exact) mass is 443 g/mol. The summed E-state index contributed by atoms with van der Waals surface area (Å²) in [6.07, 6.45) is 0. The lowest BCUT2D eigenvalue weighted by molar-refractivity contribution is -0.116. The van der Waals surface area contributed by atoms with Crippen molar-refractivity contribution >= 4 is 44.6 Å². The highest BCUT2D eigenvalue weighted by Crippen LogP contribution is 2.21. The van der Waals surface area contributed by atoms with E-state index in [9.17, 15) is 13.2 Å². The van der Waals surface area contributed by atoms with Crippen LogP contribution in [0.1, 0.15) is 12.5 Å². The molecule has 1 amide bonds. The zero-order valence-electron chi connectivity index (χ0n) is 16.5. The molecule has 30 heavy (non-hydrogen) atoms. The van der Waals surface area contributed by atoms with Crippen LogP contribution < -0.4 is 15.4 Å². The SMILES string of the molecule is Cc1cccc(NC(=O)C(C)Nc2cccc(S(=O)(=O)Nc3ccc(Cl)cc3)c2)c1. The van der Waals surface area contributed by atoms with Crippen molar-refractivity contribution in [2.24, 2.45) is 0 Å². The van der Waals surface area contributed by atoms with Gasteiger partial charge in [0.15, 0.2) is 0 Å². The lowest BCUT2D eigenvalue weighted by Gasteiger charge is -2.16. The minimum atomic E-state index is -3.79. The molecule has 0 saturated carbocycles. The predicted octanol–water partition coefficient (Wildman–Crippen LogP) is 4.89. The van der Waals surface area contributed by atoms with Crippen molar-refractivity contribution in [3.63, 3.8) is 0 Å². The minimum absolute atomic E-state index is 0.0775. The number of rotatable bonds is 7. The van der Waals surface area contributed by atoms with Crippen molar-refractivity contribution in [3.8, 4) is 0 Å². The summed E-state index contributed by atoms with van der Waals surface area (Å²) in [7, 11) is -3.79. The second-order valence-electron chi connectivity index (χ2n) is 6.86. The van der Waals surface area contributed by atoms with E-state index >= 15 is 0 Å². The third-order valence-corrected chi connectivity index (χ3v) is 5.93. The maximum atomic E-state index is 12.7. The number of amides is 1. The Kier molecular flexibility index (Phi) is 6.64. The van der Waals surface area contributed by atoms with E-state index in [1.54, 1.807) is 43.3 Å². The van der Waals surface area contributed by atoms with Crippen LogP contribution in [0.3, 0.4) is 0 Å². The Bertz CT molecular complexity index is 1150.